The van der Waals surface area contributed by atoms with Crippen LogP contribution < -0.4 is 5.32 Å². The van der Waals surface area contributed by atoms with Gasteiger partial charge in [-0.1, -0.05) is 24.3 Å². The topological polar surface area (TPSA) is 12.0 Å². The molecule has 0 spiro atoms. The van der Waals surface area contributed by atoms with Gasteiger partial charge >= 0.3 is 0 Å². The van der Waals surface area contributed by atoms with Crippen molar-refractivity contribution in [2.24, 2.45) is 0 Å². The van der Waals surface area contributed by atoms with Crippen molar-refractivity contribution in [2.45, 2.75) is 39.2 Å². The molecular weight excluding hydrogens is 194 g/mol. The van der Waals surface area contributed by atoms with Crippen molar-refractivity contribution in [3.63, 3.8) is 0 Å². The minimum absolute atomic E-state index is 0.472. The van der Waals surface area contributed by atoms with E-state index in [1.807, 2.05) is 13.1 Å². The van der Waals surface area contributed by atoms with E-state index < -0.39 is 0 Å². The third-order valence-corrected chi connectivity index (χ3v) is 3.18. The number of hydrogen-bond acceptors (Lipinski definition) is 1. The summed E-state index contributed by atoms with van der Waals surface area (Å²) < 4.78 is 0. The van der Waals surface area contributed by atoms with Crippen molar-refractivity contribution >= 4 is 0 Å². The predicted octanol–water partition coefficient (Wildman–Crippen LogP) is 3.92. The molecule has 0 heterocycles. The van der Waals surface area contributed by atoms with E-state index in [1.165, 1.54) is 29.5 Å². The fraction of sp³-hybridized carbons (Fsp3) is 0.467. The summed E-state index contributed by atoms with van der Waals surface area (Å²) in [5.41, 5.74) is 4.14. The molecule has 0 saturated heterocycles. The first-order valence-electron chi connectivity index (χ1n) is 6.04. The van der Waals surface area contributed by atoms with Crippen LogP contribution in [0.15, 0.2) is 30.9 Å². The number of aryl methyl sites for hydroxylation is 2. The highest BCUT2D eigenvalue weighted by atomic mass is 14.9. The molecule has 1 atom stereocenters. The van der Waals surface area contributed by atoms with E-state index >= 15 is 0 Å². The summed E-state index contributed by atoms with van der Waals surface area (Å²) in [6, 6.07) is 7.21. The van der Waals surface area contributed by atoms with Crippen LogP contribution in [0.2, 0.25) is 0 Å². The smallest absolute Gasteiger partial charge is 0.0317 e. The van der Waals surface area contributed by atoms with Crippen molar-refractivity contribution in [1.82, 2.24) is 5.32 Å². The summed E-state index contributed by atoms with van der Waals surface area (Å²) in [6.07, 6.45) is 5.46. The van der Waals surface area contributed by atoms with Gasteiger partial charge in [0.1, 0.15) is 0 Å². The maximum Gasteiger partial charge on any atom is 0.0317 e. The second-order valence-corrected chi connectivity index (χ2v) is 4.40. The fourth-order valence-electron chi connectivity index (χ4n) is 1.93. The monoisotopic (exact) mass is 217 g/mol. The fourth-order valence-corrected chi connectivity index (χ4v) is 1.93. The van der Waals surface area contributed by atoms with Gasteiger partial charge in [-0.05, 0) is 56.8 Å². The largest absolute Gasteiger partial charge is 0.313 e. The van der Waals surface area contributed by atoms with Gasteiger partial charge in [0.2, 0.25) is 0 Å². The van der Waals surface area contributed by atoms with Gasteiger partial charge in [0.05, 0.1) is 0 Å². The van der Waals surface area contributed by atoms with E-state index in [0.29, 0.717) is 6.04 Å². The summed E-state index contributed by atoms with van der Waals surface area (Å²) in [4.78, 5) is 0. The molecule has 88 valence electrons. The highest BCUT2D eigenvalue weighted by molar-refractivity contribution is 5.31. The second-order valence-electron chi connectivity index (χ2n) is 4.40. The zero-order chi connectivity index (χ0) is 12.0. The summed E-state index contributed by atoms with van der Waals surface area (Å²) in [5, 5.41) is 3.39. The van der Waals surface area contributed by atoms with Gasteiger partial charge in [-0.2, -0.15) is 0 Å². The highest BCUT2D eigenvalue weighted by Crippen LogP contribution is 2.21. The second kappa shape index (κ2) is 6.49. The standard InChI is InChI=1S/C15H23N/c1-5-6-7-8-15(16-4)14-10-9-12(2)13(3)11-14/h5,9-11,15-16H,1,6-8H2,2-4H3. The van der Waals surface area contributed by atoms with Gasteiger partial charge < -0.3 is 5.32 Å². The maximum absolute atomic E-state index is 3.76. The maximum atomic E-state index is 3.76. The normalized spacial score (nSPS) is 12.4. The number of nitrogens with one attached hydrogen (secondary N) is 1. The summed E-state index contributed by atoms with van der Waals surface area (Å²) in [5.74, 6) is 0. The van der Waals surface area contributed by atoms with Gasteiger partial charge in [-0.25, -0.2) is 0 Å². The molecule has 0 amide bonds. The molecule has 0 aliphatic rings. The number of unbranched alkanes of at least 4 members (excludes halogenated alkanes) is 1. The Kier molecular flexibility index (Phi) is 5.27. The van der Waals surface area contributed by atoms with Crippen LogP contribution in [0.1, 0.15) is 42.0 Å². The van der Waals surface area contributed by atoms with Crippen LogP contribution >= 0.6 is 0 Å². The van der Waals surface area contributed by atoms with Crippen LogP contribution in [0.4, 0.5) is 0 Å². The summed E-state index contributed by atoms with van der Waals surface area (Å²) in [7, 11) is 2.04. The average molecular weight is 217 g/mol. The number of hydrogen-bond donors (Lipinski definition) is 1. The van der Waals surface area contributed by atoms with Crippen molar-refractivity contribution in [3.05, 3.63) is 47.5 Å². The van der Waals surface area contributed by atoms with E-state index in [9.17, 15) is 0 Å². The lowest BCUT2D eigenvalue weighted by atomic mass is 9.97. The van der Waals surface area contributed by atoms with Crippen molar-refractivity contribution < 1.29 is 0 Å². The molecular formula is C15H23N. The number of rotatable bonds is 6. The third kappa shape index (κ3) is 3.49. The molecule has 0 fully saturated rings. The van der Waals surface area contributed by atoms with Gasteiger partial charge in [0.25, 0.3) is 0 Å². The lowest BCUT2D eigenvalue weighted by Gasteiger charge is -2.17. The first-order valence-corrected chi connectivity index (χ1v) is 6.04. The Morgan fingerprint density at radius 1 is 1.31 bits per heavy atom. The Bertz CT molecular complexity index is 341. The van der Waals surface area contributed by atoms with Crippen LogP contribution in [-0.4, -0.2) is 7.05 Å². The van der Waals surface area contributed by atoms with Crippen LogP contribution in [-0.2, 0) is 0 Å². The first kappa shape index (κ1) is 13.0. The Balaban J connectivity index is 2.70. The Hall–Kier alpha value is -1.08. The molecule has 16 heavy (non-hydrogen) atoms. The molecule has 1 unspecified atom stereocenters. The zero-order valence-electron chi connectivity index (χ0n) is 10.7. The minimum atomic E-state index is 0.472. The van der Waals surface area contributed by atoms with Crippen molar-refractivity contribution in [2.75, 3.05) is 7.05 Å². The molecule has 1 nitrogen and oxygen atoms in total. The highest BCUT2D eigenvalue weighted by Gasteiger charge is 2.08. The quantitative estimate of drug-likeness (QED) is 0.562. The molecule has 0 aliphatic carbocycles. The molecule has 0 aliphatic heterocycles. The lowest BCUT2D eigenvalue weighted by molar-refractivity contribution is 0.530. The summed E-state index contributed by atoms with van der Waals surface area (Å²) >= 11 is 0. The SMILES string of the molecule is C=CCCCC(NC)c1ccc(C)c(C)c1. The molecule has 1 rings (SSSR count). The molecule has 0 aromatic heterocycles. The van der Waals surface area contributed by atoms with E-state index in [0.717, 1.165) is 6.42 Å². The van der Waals surface area contributed by atoms with Gasteiger partial charge in [-0.15, -0.1) is 6.58 Å². The van der Waals surface area contributed by atoms with Crippen molar-refractivity contribution in [1.29, 1.82) is 0 Å². The van der Waals surface area contributed by atoms with E-state index in [1.54, 1.807) is 0 Å². The van der Waals surface area contributed by atoms with Crippen LogP contribution in [0.25, 0.3) is 0 Å². The van der Waals surface area contributed by atoms with E-state index in [4.69, 9.17) is 0 Å². The predicted molar refractivity (Wildman–Crippen MR) is 71.8 cm³/mol. The van der Waals surface area contributed by atoms with Crippen LogP contribution in [0, 0.1) is 13.8 Å². The molecule has 1 heteroatoms. The average Bonchev–Trinajstić information content (AvgIpc) is 2.29. The number of allylic oxidation sites excluding steroid dienone is 1. The van der Waals surface area contributed by atoms with E-state index in [-0.39, 0.29) is 0 Å². The van der Waals surface area contributed by atoms with Gasteiger partial charge in [0, 0.05) is 6.04 Å². The Morgan fingerprint density at radius 3 is 2.62 bits per heavy atom. The zero-order valence-corrected chi connectivity index (χ0v) is 10.7. The molecule has 1 aromatic carbocycles. The van der Waals surface area contributed by atoms with Crippen LogP contribution in [0.3, 0.4) is 0 Å². The molecule has 0 saturated carbocycles. The van der Waals surface area contributed by atoms with Crippen molar-refractivity contribution in [3.8, 4) is 0 Å². The van der Waals surface area contributed by atoms with E-state index in [2.05, 4.69) is 43.9 Å². The first-order chi connectivity index (χ1) is 7.69. The third-order valence-electron chi connectivity index (χ3n) is 3.18. The Morgan fingerprint density at radius 2 is 2.06 bits per heavy atom. The van der Waals surface area contributed by atoms with Gasteiger partial charge in [-0.3, -0.25) is 0 Å². The van der Waals surface area contributed by atoms with Crippen LogP contribution in [0.5, 0.6) is 0 Å². The molecule has 1 aromatic rings. The summed E-state index contributed by atoms with van der Waals surface area (Å²) in [6.45, 7) is 8.10. The molecule has 0 bridgehead atoms. The minimum Gasteiger partial charge on any atom is -0.313 e. The molecule has 1 N–H and O–H groups in total. The lowest BCUT2D eigenvalue weighted by Crippen LogP contribution is -2.16. The van der Waals surface area contributed by atoms with Gasteiger partial charge in [0.15, 0.2) is 0 Å². The number of benzene rings is 1. The Labute approximate surface area is 99.6 Å². The molecule has 0 radical (unpaired) electrons.